The van der Waals surface area contributed by atoms with Crippen molar-refractivity contribution < 1.29 is 15.0 Å². The number of carbonyl (C=O) groups excluding carboxylic acids is 1. The predicted octanol–water partition coefficient (Wildman–Crippen LogP) is 1.55. The van der Waals surface area contributed by atoms with Crippen LogP contribution in [0.3, 0.4) is 0 Å². The third-order valence-electron chi connectivity index (χ3n) is 3.35. The second-order valence-electron chi connectivity index (χ2n) is 5.09. The Labute approximate surface area is 123 Å². The molecule has 2 aromatic carbocycles. The summed E-state index contributed by atoms with van der Waals surface area (Å²) in [6.45, 7) is 0. The van der Waals surface area contributed by atoms with Crippen molar-refractivity contribution in [1.29, 1.82) is 0 Å². The number of rotatable bonds is 6. The number of amides is 1. The predicted molar refractivity (Wildman–Crippen MR) is 80.5 cm³/mol. The lowest BCUT2D eigenvalue weighted by Crippen LogP contribution is -2.25. The van der Waals surface area contributed by atoms with Crippen LogP contribution in [0.25, 0.3) is 0 Å². The molecule has 0 radical (unpaired) electrons. The molecule has 1 amide bonds. The maximum atomic E-state index is 10.8. The number of primary amides is 1. The Morgan fingerprint density at radius 3 is 2.10 bits per heavy atom. The second-order valence-corrected chi connectivity index (χ2v) is 5.09. The average molecular weight is 285 g/mol. The maximum absolute atomic E-state index is 10.8. The van der Waals surface area contributed by atoms with Gasteiger partial charge in [0.05, 0.1) is 12.5 Å². The number of nitrogens with two attached hydrogens (primary N) is 1. The van der Waals surface area contributed by atoms with Crippen molar-refractivity contribution in [2.24, 2.45) is 5.73 Å². The zero-order valence-corrected chi connectivity index (χ0v) is 11.6. The maximum Gasteiger partial charge on any atom is 0.220 e. The summed E-state index contributed by atoms with van der Waals surface area (Å²) in [6, 6.07) is 17.4. The number of benzene rings is 2. The summed E-state index contributed by atoms with van der Waals surface area (Å²) in [4.78, 5) is 10.8. The average Bonchev–Trinajstić information content (AvgIpc) is 2.47. The van der Waals surface area contributed by atoms with Crippen molar-refractivity contribution in [3.8, 4) is 0 Å². The summed E-state index contributed by atoms with van der Waals surface area (Å²) in [7, 11) is 0. The van der Waals surface area contributed by atoms with Gasteiger partial charge in [-0.1, -0.05) is 54.6 Å². The molecule has 4 nitrogen and oxygen atoms in total. The number of hydrogen-bond donors (Lipinski definition) is 3. The summed E-state index contributed by atoms with van der Waals surface area (Å²) in [5, 5.41) is 19.7. The minimum atomic E-state index is -1.18. The first-order chi connectivity index (χ1) is 10.1. The van der Waals surface area contributed by atoms with Gasteiger partial charge in [0.15, 0.2) is 0 Å². The fourth-order valence-corrected chi connectivity index (χ4v) is 2.20. The molecule has 2 rings (SSSR count). The first-order valence-electron chi connectivity index (χ1n) is 6.83. The van der Waals surface area contributed by atoms with E-state index in [4.69, 9.17) is 5.73 Å². The summed E-state index contributed by atoms with van der Waals surface area (Å²) in [5.41, 5.74) is 7.90. The van der Waals surface area contributed by atoms with Crippen LogP contribution in [-0.2, 0) is 11.2 Å². The summed E-state index contributed by atoms with van der Waals surface area (Å²) in [6.07, 6.45) is -1.74. The zero-order valence-electron chi connectivity index (χ0n) is 11.6. The zero-order chi connectivity index (χ0) is 15.2. The van der Waals surface area contributed by atoms with E-state index in [0.717, 1.165) is 12.0 Å². The molecule has 0 aromatic heterocycles. The van der Waals surface area contributed by atoms with Gasteiger partial charge in [0.1, 0.15) is 6.10 Å². The Balaban J connectivity index is 2.03. The molecule has 21 heavy (non-hydrogen) atoms. The van der Waals surface area contributed by atoms with Crippen LogP contribution in [-0.4, -0.2) is 22.2 Å². The van der Waals surface area contributed by atoms with Gasteiger partial charge in [-0.15, -0.1) is 0 Å². The van der Waals surface area contributed by atoms with E-state index < -0.39 is 18.1 Å². The quantitative estimate of drug-likeness (QED) is 0.753. The Morgan fingerprint density at radius 2 is 1.52 bits per heavy atom. The molecule has 0 saturated carbocycles. The van der Waals surface area contributed by atoms with E-state index in [-0.39, 0.29) is 6.42 Å². The minimum absolute atomic E-state index is 0.257. The highest BCUT2D eigenvalue weighted by Gasteiger charge is 2.20. The summed E-state index contributed by atoms with van der Waals surface area (Å²) < 4.78 is 0. The van der Waals surface area contributed by atoms with Crippen molar-refractivity contribution in [2.45, 2.75) is 25.0 Å². The fourth-order valence-electron chi connectivity index (χ4n) is 2.20. The number of carbonyl (C=O) groups is 1. The van der Waals surface area contributed by atoms with Crippen LogP contribution in [0.15, 0.2) is 54.6 Å². The van der Waals surface area contributed by atoms with E-state index in [1.54, 1.807) is 12.1 Å². The van der Waals surface area contributed by atoms with Gasteiger partial charge in [-0.05, 0) is 23.1 Å². The van der Waals surface area contributed by atoms with Crippen LogP contribution in [0.5, 0.6) is 0 Å². The molecular formula is C17H19NO3. The molecule has 0 fully saturated rings. The van der Waals surface area contributed by atoms with Gasteiger partial charge in [-0.25, -0.2) is 0 Å². The molecule has 4 heteroatoms. The first-order valence-corrected chi connectivity index (χ1v) is 6.83. The van der Waals surface area contributed by atoms with Gasteiger partial charge in [0, 0.05) is 0 Å². The van der Waals surface area contributed by atoms with Crippen LogP contribution in [0.1, 0.15) is 29.2 Å². The molecule has 4 N–H and O–H groups in total. The lowest BCUT2D eigenvalue weighted by atomic mass is 9.98. The molecule has 0 aliphatic rings. The van der Waals surface area contributed by atoms with Gasteiger partial charge in [0.25, 0.3) is 0 Å². The van der Waals surface area contributed by atoms with Crippen molar-refractivity contribution in [3.05, 3.63) is 71.3 Å². The van der Waals surface area contributed by atoms with Gasteiger partial charge in [0.2, 0.25) is 5.91 Å². The van der Waals surface area contributed by atoms with Crippen LogP contribution < -0.4 is 5.73 Å². The Hall–Kier alpha value is -2.17. The smallest absolute Gasteiger partial charge is 0.220 e. The van der Waals surface area contributed by atoms with Crippen LogP contribution in [0.4, 0.5) is 0 Å². The van der Waals surface area contributed by atoms with Crippen LogP contribution in [0.2, 0.25) is 0 Å². The van der Waals surface area contributed by atoms with E-state index >= 15 is 0 Å². The lowest BCUT2D eigenvalue weighted by Gasteiger charge is -2.17. The molecular weight excluding hydrogens is 266 g/mol. The topological polar surface area (TPSA) is 83.6 Å². The minimum Gasteiger partial charge on any atom is -0.390 e. The van der Waals surface area contributed by atoms with Gasteiger partial charge >= 0.3 is 0 Å². The summed E-state index contributed by atoms with van der Waals surface area (Å²) in [5.74, 6) is -0.637. The molecule has 0 heterocycles. The Kier molecular flexibility index (Phi) is 5.09. The molecule has 2 aromatic rings. The van der Waals surface area contributed by atoms with Crippen molar-refractivity contribution in [1.82, 2.24) is 0 Å². The molecule has 0 aliphatic carbocycles. The van der Waals surface area contributed by atoms with Crippen molar-refractivity contribution >= 4 is 5.91 Å². The van der Waals surface area contributed by atoms with E-state index in [9.17, 15) is 15.0 Å². The number of hydrogen-bond acceptors (Lipinski definition) is 3. The van der Waals surface area contributed by atoms with E-state index in [0.29, 0.717) is 5.56 Å². The lowest BCUT2D eigenvalue weighted by molar-refractivity contribution is -0.121. The summed E-state index contributed by atoms with van der Waals surface area (Å²) >= 11 is 0. The molecule has 2 atom stereocenters. The molecule has 0 spiro atoms. The Bertz CT molecular complexity index is 581. The van der Waals surface area contributed by atoms with Gasteiger partial charge in [-0.3, -0.25) is 4.79 Å². The van der Waals surface area contributed by atoms with Crippen LogP contribution in [0, 0.1) is 0 Å². The third kappa shape index (κ3) is 4.41. The molecule has 2 unspecified atom stereocenters. The molecule has 0 aliphatic heterocycles. The number of aliphatic hydroxyl groups is 2. The highest BCUT2D eigenvalue weighted by atomic mass is 16.3. The second kappa shape index (κ2) is 7.02. The van der Waals surface area contributed by atoms with Gasteiger partial charge < -0.3 is 15.9 Å². The molecule has 0 bridgehead atoms. The first kappa shape index (κ1) is 15.2. The monoisotopic (exact) mass is 285 g/mol. The highest BCUT2D eigenvalue weighted by Crippen LogP contribution is 2.20. The van der Waals surface area contributed by atoms with Crippen molar-refractivity contribution in [2.75, 3.05) is 0 Å². The number of aliphatic hydroxyl groups excluding tert-OH is 2. The fraction of sp³-hybridized carbons (Fsp3) is 0.235. The normalized spacial score (nSPS) is 13.6. The largest absolute Gasteiger partial charge is 0.390 e. The SMILES string of the molecule is NC(=O)CC(O)C(O)c1ccc(Cc2ccccc2)cc1. The highest BCUT2D eigenvalue weighted by molar-refractivity contribution is 5.74. The molecule has 0 saturated heterocycles. The van der Waals surface area contributed by atoms with E-state index in [1.807, 2.05) is 30.3 Å². The van der Waals surface area contributed by atoms with Crippen LogP contribution >= 0.6 is 0 Å². The van der Waals surface area contributed by atoms with Crippen molar-refractivity contribution in [3.63, 3.8) is 0 Å². The third-order valence-corrected chi connectivity index (χ3v) is 3.35. The molecule has 110 valence electrons. The van der Waals surface area contributed by atoms with E-state index in [2.05, 4.69) is 12.1 Å². The Morgan fingerprint density at radius 1 is 0.952 bits per heavy atom. The standard InChI is InChI=1S/C17H19NO3/c18-16(20)11-15(19)17(21)14-8-6-13(7-9-14)10-12-4-2-1-3-5-12/h1-9,15,17,19,21H,10-11H2,(H2,18,20). The van der Waals surface area contributed by atoms with Gasteiger partial charge in [-0.2, -0.15) is 0 Å². The van der Waals surface area contributed by atoms with E-state index in [1.165, 1.54) is 5.56 Å².